The second-order valence-corrected chi connectivity index (χ2v) is 4.85. The highest BCUT2D eigenvalue weighted by Crippen LogP contribution is 2.18. The van der Waals surface area contributed by atoms with Crippen LogP contribution in [0.2, 0.25) is 0 Å². The van der Waals surface area contributed by atoms with Gasteiger partial charge in [0.15, 0.2) is 0 Å². The lowest BCUT2D eigenvalue weighted by Gasteiger charge is -2.16. The fourth-order valence-corrected chi connectivity index (χ4v) is 1.93. The number of carboxylic acids is 1. The fourth-order valence-electron chi connectivity index (χ4n) is 1.93. The summed E-state index contributed by atoms with van der Waals surface area (Å²) < 4.78 is 0. The van der Waals surface area contributed by atoms with Crippen molar-refractivity contribution in [1.82, 2.24) is 10.2 Å². The quantitative estimate of drug-likeness (QED) is 0.854. The third-order valence-corrected chi connectivity index (χ3v) is 3.36. The van der Waals surface area contributed by atoms with E-state index in [1.807, 2.05) is 6.92 Å². The van der Waals surface area contributed by atoms with Crippen LogP contribution in [0.15, 0.2) is 12.1 Å². The number of likely N-dealkylation sites (N-methyl/N-ethyl adjacent to an activating group) is 1. The van der Waals surface area contributed by atoms with Gasteiger partial charge in [-0.3, -0.25) is 9.59 Å². The molecule has 0 aliphatic heterocycles. The van der Waals surface area contributed by atoms with Gasteiger partial charge in [-0.1, -0.05) is 12.1 Å². The monoisotopic (exact) mass is 292 g/mol. The van der Waals surface area contributed by atoms with Crippen LogP contribution in [-0.4, -0.2) is 47.9 Å². The molecule has 114 valence electrons. The van der Waals surface area contributed by atoms with Crippen LogP contribution in [0.4, 0.5) is 0 Å². The molecule has 1 aromatic rings. The van der Waals surface area contributed by atoms with Gasteiger partial charge in [-0.2, -0.15) is 0 Å². The first-order valence-electron chi connectivity index (χ1n) is 6.65. The van der Waals surface area contributed by atoms with Crippen LogP contribution >= 0.6 is 0 Å². The van der Waals surface area contributed by atoms with Crippen molar-refractivity contribution >= 4 is 17.8 Å². The Hall–Kier alpha value is -2.37. The van der Waals surface area contributed by atoms with E-state index >= 15 is 0 Å². The topological polar surface area (TPSA) is 86.7 Å². The van der Waals surface area contributed by atoms with Crippen LogP contribution in [0.1, 0.15) is 38.8 Å². The highest BCUT2D eigenvalue weighted by molar-refractivity contribution is 6.07. The van der Waals surface area contributed by atoms with Crippen molar-refractivity contribution in [1.29, 1.82) is 0 Å². The van der Waals surface area contributed by atoms with Gasteiger partial charge in [0.2, 0.25) is 5.91 Å². The van der Waals surface area contributed by atoms with E-state index in [9.17, 15) is 19.5 Å². The number of hydrogen-bond donors (Lipinski definition) is 2. The Kier molecular flexibility index (Phi) is 5.46. The summed E-state index contributed by atoms with van der Waals surface area (Å²) >= 11 is 0. The van der Waals surface area contributed by atoms with E-state index in [1.54, 1.807) is 33.0 Å². The van der Waals surface area contributed by atoms with Crippen LogP contribution in [0.25, 0.3) is 0 Å². The maximum atomic E-state index is 12.2. The lowest BCUT2D eigenvalue weighted by atomic mass is 9.96. The number of aryl methyl sites for hydroxylation is 2. The van der Waals surface area contributed by atoms with E-state index in [2.05, 4.69) is 5.32 Å². The van der Waals surface area contributed by atoms with Crippen molar-refractivity contribution < 1.29 is 19.5 Å². The molecule has 0 aliphatic rings. The minimum Gasteiger partial charge on any atom is -0.478 e. The third-order valence-electron chi connectivity index (χ3n) is 3.36. The first kappa shape index (κ1) is 16.7. The average Bonchev–Trinajstić information content (AvgIpc) is 2.44. The van der Waals surface area contributed by atoms with Gasteiger partial charge in [0, 0.05) is 13.6 Å². The SMILES string of the molecule is CCN(C)C(=O)CNC(=O)c1c(C)ccc(C)c1C(=O)O. The number of benzene rings is 1. The maximum absolute atomic E-state index is 12.2. The second kappa shape index (κ2) is 6.88. The molecule has 21 heavy (non-hydrogen) atoms. The van der Waals surface area contributed by atoms with Gasteiger partial charge < -0.3 is 15.3 Å². The summed E-state index contributed by atoms with van der Waals surface area (Å²) in [5.41, 5.74) is 1.15. The van der Waals surface area contributed by atoms with E-state index in [1.165, 1.54) is 4.90 Å². The molecule has 1 aromatic carbocycles. The predicted octanol–water partition coefficient (Wildman–Crippen LogP) is 1.21. The Labute approximate surface area is 123 Å². The van der Waals surface area contributed by atoms with Crippen LogP contribution < -0.4 is 5.32 Å². The van der Waals surface area contributed by atoms with Crippen molar-refractivity contribution in [3.8, 4) is 0 Å². The molecule has 0 unspecified atom stereocenters. The molecule has 2 amide bonds. The summed E-state index contributed by atoms with van der Waals surface area (Å²) in [5.74, 6) is -1.93. The first-order chi connectivity index (χ1) is 9.79. The molecule has 0 saturated carbocycles. The number of carbonyl (C=O) groups is 3. The molecular formula is C15H20N2O4. The molecule has 0 fully saturated rings. The molecule has 0 saturated heterocycles. The van der Waals surface area contributed by atoms with Crippen molar-refractivity contribution in [2.45, 2.75) is 20.8 Å². The van der Waals surface area contributed by atoms with Crippen LogP contribution in [0.5, 0.6) is 0 Å². The van der Waals surface area contributed by atoms with Crippen molar-refractivity contribution in [3.63, 3.8) is 0 Å². The summed E-state index contributed by atoms with van der Waals surface area (Å²) in [6.07, 6.45) is 0. The lowest BCUT2D eigenvalue weighted by molar-refractivity contribution is -0.128. The van der Waals surface area contributed by atoms with E-state index in [-0.39, 0.29) is 23.6 Å². The third kappa shape index (κ3) is 3.81. The van der Waals surface area contributed by atoms with Gasteiger partial charge in [0.05, 0.1) is 17.7 Å². The Morgan fingerprint density at radius 2 is 1.67 bits per heavy atom. The van der Waals surface area contributed by atoms with Crippen molar-refractivity contribution in [3.05, 3.63) is 34.4 Å². The summed E-state index contributed by atoms with van der Waals surface area (Å²) in [6, 6.07) is 3.35. The second-order valence-electron chi connectivity index (χ2n) is 4.85. The Balaban J connectivity index is 3.00. The van der Waals surface area contributed by atoms with Crippen LogP contribution in [0.3, 0.4) is 0 Å². The minimum absolute atomic E-state index is 0.0243. The highest BCUT2D eigenvalue weighted by Gasteiger charge is 2.21. The number of rotatable bonds is 5. The standard InChI is InChI=1S/C15H20N2O4/c1-5-17(4)11(18)8-16-14(19)12-9(2)6-7-10(3)13(12)15(20)21/h6-7H,5,8H2,1-4H3,(H,16,19)(H,20,21). The van der Waals surface area contributed by atoms with E-state index < -0.39 is 11.9 Å². The molecular weight excluding hydrogens is 272 g/mol. The molecule has 0 bridgehead atoms. The summed E-state index contributed by atoms with van der Waals surface area (Å²) in [6.45, 7) is 5.51. The lowest BCUT2D eigenvalue weighted by Crippen LogP contribution is -2.38. The largest absolute Gasteiger partial charge is 0.478 e. The highest BCUT2D eigenvalue weighted by atomic mass is 16.4. The van der Waals surface area contributed by atoms with Crippen molar-refractivity contribution in [2.24, 2.45) is 0 Å². The molecule has 0 spiro atoms. The Morgan fingerprint density at radius 3 is 2.14 bits per heavy atom. The summed E-state index contributed by atoms with van der Waals surface area (Å²) in [5, 5.41) is 11.8. The average molecular weight is 292 g/mol. The van der Waals surface area contributed by atoms with Gasteiger partial charge in [-0.05, 0) is 31.9 Å². The minimum atomic E-state index is -1.15. The zero-order valence-electron chi connectivity index (χ0n) is 12.7. The number of nitrogens with zero attached hydrogens (tertiary/aromatic N) is 1. The molecule has 0 atom stereocenters. The Bertz CT molecular complexity index is 581. The molecule has 6 heteroatoms. The smallest absolute Gasteiger partial charge is 0.336 e. The number of carbonyl (C=O) groups excluding carboxylic acids is 2. The zero-order valence-corrected chi connectivity index (χ0v) is 12.7. The number of amides is 2. The number of carboxylic acid groups (broad SMARTS) is 1. The molecule has 2 N–H and O–H groups in total. The zero-order chi connectivity index (χ0) is 16.2. The van der Waals surface area contributed by atoms with Gasteiger partial charge in [0.1, 0.15) is 0 Å². The number of hydrogen-bond acceptors (Lipinski definition) is 3. The van der Waals surface area contributed by atoms with E-state index in [0.717, 1.165) is 0 Å². The van der Waals surface area contributed by atoms with Crippen molar-refractivity contribution in [2.75, 3.05) is 20.1 Å². The maximum Gasteiger partial charge on any atom is 0.336 e. The molecule has 0 heterocycles. The van der Waals surface area contributed by atoms with Gasteiger partial charge in [-0.25, -0.2) is 4.79 Å². The fraction of sp³-hybridized carbons (Fsp3) is 0.400. The molecule has 0 aromatic heterocycles. The molecule has 6 nitrogen and oxygen atoms in total. The van der Waals surface area contributed by atoms with E-state index in [0.29, 0.717) is 17.7 Å². The van der Waals surface area contributed by atoms with Gasteiger partial charge in [-0.15, -0.1) is 0 Å². The summed E-state index contributed by atoms with van der Waals surface area (Å²) in [7, 11) is 1.63. The van der Waals surface area contributed by atoms with Crippen LogP contribution in [-0.2, 0) is 4.79 Å². The molecule has 0 aliphatic carbocycles. The normalized spacial score (nSPS) is 10.1. The summed E-state index contributed by atoms with van der Waals surface area (Å²) in [4.78, 5) is 36.7. The predicted molar refractivity (Wildman–Crippen MR) is 78.5 cm³/mol. The van der Waals surface area contributed by atoms with E-state index in [4.69, 9.17) is 0 Å². The van der Waals surface area contributed by atoms with Crippen LogP contribution in [0, 0.1) is 13.8 Å². The van der Waals surface area contributed by atoms with Gasteiger partial charge >= 0.3 is 5.97 Å². The number of aromatic carboxylic acids is 1. The number of nitrogens with one attached hydrogen (secondary N) is 1. The first-order valence-corrected chi connectivity index (χ1v) is 6.65. The Morgan fingerprint density at radius 1 is 1.14 bits per heavy atom. The van der Waals surface area contributed by atoms with Gasteiger partial charge in [0.25, 0.3) is 5.91 Å². The molecule has 0 radical (unpaired) electrons. The molecule has 1 rings (SSSR count).